The molecule has 1 amide bonds. The first kappa shape index (κ1) is 33.6. The molecule has 45 heavy (non-hydrogen) atoms. The van der Waals surface area contributed by atoms with Crippen LogP contribution in [0.25, 0.3) is 16.9 Å². The Morgan fingerprint density at radius 1 is 1.09 bits per heavy atom. The minimum Gasteiger partial charge on any atom is -0.466 e. The lowest BCUT2D eigenvalue weighted by Crippen LogP contribution is -2.52. The highest BCUT2D eigenvalue weighted by molar-refractivity contribution is 6.34. The van der Waals surface area contributed by atoms with E-state index in [-0.39, 0.29) is 16.4 Å². The van der Waals surface area contributed by atoms with Crippen LogP contribution < -0.4 is 15.6 Å². The number of hydrogen-bond donors (Lipinski definition) is 2. The van der Waals surface area contributed by atoms with Gasteiger partial charge in [0, 0.05) is 18.8 Å². The fourth-order valence-corrected chi connectivity index (χ4v) is 3.92. The zero-order valence-corrected chi connectivity index (χ0v) is 22.8. The highest BCUT2D eigenvalue weighted by Gasteiger charge is 2.68. The molecule has 0 atom stereocenters. The second-order valence-corrected chi connectivity index (χ2v) is 9.75. The van der Waals surface area contributed by atoms with Gasteiger partial charge in [-0.3, -0.25) is 4.79 Å². The van der Waals surface area contributed by atoms with Crippen LogP contribution in [-0.4, -0.2) is 62.3 Å². The van der Waals surface area contributed by atoms with Gasteiger partial charge in [0.1, 0.15) is 5.54 Å². The topological polar surface area (TPSA) is 128 Å². The Morgan fingerprint density at radius 3 is 2.31 bits per heavy atom. The Hall–Kier alpha value is -4.29. The third kappa shape index (κ3) is 7.34. The van der Waals surface area contributed by atoms with E-state index >= 15 is 0 Å². The Kier molecular flexibility index (Phi) is 8.64. The average molecular weight is 680 g/mol. The molecule has 0 spiro atoms. The molecule has 11 nitrogen and oxygen atoms in total. The Bertz CT molecular complexity index is 1630. The van der Waals surface area contributed by atoms with E-state index in [2.05, 4.69) is 25.0 Å². The fraction of sp³-hybridized carbons (Fsp3) is 0.391. The summed E-state index contributed by atoms with van der Waals surface area (Å²) in [4.78, 5) is 12.7. The SMILES string of the molecule is Cn1nc(OCC(F)(F)OC(F)(F)C(F)(F)OC(F)(F)F)c(NF)c1-n1cc(-c2ccc(Cl)c(C(=O)NC3(C#N)CC3)c2)cn1. The van der Waals surface area contributed by atoms with Crippen molar-refractivity contribution >= 4 is 23.2 Å². The standard InChI is InChI=1S/C23H16ClF10N7O4/c1-40-18(15(38-34)17(39-40)43-10-20(25,26)44-21(27,28)22(29,30)45-23(31,32)33)41-8-12(7-36-41)11-2-3-14(24)13(6-11)16(42)37-19(9-35)4-5-19/h2-3,6-8,38H,4-5,10H2,1H3,(H,37,42). The van der Waals surface area contributed by atoms with Gasteiger partial charge in [0.15, 0.2) is 18.1 Å². The number of alkyl halides is 9. The van der Waals surface area contributed by atoms with Gasteiger partial charge < -0.3 is 10.1 Å². The molecule has 0 bridgehead atoms. The summed E-state index contributed by atoms with van der Waals surface area (Å²) in [6, 6.07) is 6.25. The molecule has 0 saturated heterocycles. The number of aryl methyl sites for hydroxylation is 1. The quantitative estimate of drug-likeness (QED) is 0.184. The molecule has 1 aliphatic carbocycles. The van der Waals surface area contributed by atoms with E-state index in [9.17, 15) is 54.1 Å². The first-order chi connectivity index (χ1) is 20.7. The molecule has 1 saturated carbocycles. The van der Waals surface area contributed by atoms with Crippen molar-refractivity contribution in [2.24, 2.45) is 7.05 Å². The molecule has 22 heteroatoms. The molecule has 2 heterocycles. The zero-order chi connectivity index (χ0) is 33.6. The number of carbonyl (C=O) groups excluding carboxylic acids is 1. The summed E-state index contributed by atoms with van der Waals surface area (Å²) in [5.74, 6) is -2.04. The van der Waals surface area contributed by atoms with Crippen LogP contribution in [0.15, 0.2) is 30.6 Å². The number of rotatable bonds is 12. The van der Waals surface area contributed by atoms with Crippen LogP contribution in [0.4, 0.5) is 49.7 Å². The second kappa shape index (κ2) is 11.6. The number of halogens is 11. The van der Waals surface area contributed by atoms with E-state index in [0.717, 1.165) is 22.0 Å². The number of hydrogen-bond acceptors (Lipinski definition) is 8. The maximum absolute atomic E-state index is 13.9. The van der Waals surface area contributed by atoms with Gasteiger partial charge in [-0.05, 0) is 30.5 Å². The molecule has 1 aromatic carbocycles. The number of amides is 1. The molecule has 244 valence electrons. The number of nitrogens with zero attached hydrogens (tertiary/aromatic N) is 5. The highest BCUT2D eigenvalue weighted by atomic mass is 35.5. The molecule has 1 aliphatic rings. The maximum atomic E-state index is 13.9. The van der Waals surface area contributed by atoms with E-state index in [1.165, 1.54) is 30.6 Å². The molecular weight excluding hydrogens is 664 g/mol. The van der Waals surface area contributed by atoms with Gasteiger partial charge in [0.2, 0.25) is 0 Å². The van der Waals surface area contributed by atoms with Gasteiger partial charge >= 0.3 is 24.7 Å². The lowest BCUT2D eigenvalue weighted by molar-refractivity contribution is -0.529. The molecule has 2 N–H and O–H groups in total. The molecule has 0 radical (unpaired) electrons. The monoisotopic (exact) mass is 679 g/mol. The Morgan fingerprint density at radius 2 is 1.73 bits per heavy atom. The second-order valence-electron chi connectivity index (χ2n) is 9.35. The van der Waals surface area contributed by atoms with Crippen LogP contribution in [0, 0.1) is 11.3 Å². The van der Waals surface area contributed by atoms with E-state index in [0.29, 0.717) is 24.0 Å². The molecule has 3 aromatic rings. The number of nitriles is 1. The van der Waals surface area contributed by atoms with Gasteiger partial charge in [0.05, 0.1) is 22.9 Å². The third-order valence-electron chi connectivity index (χ3n) is 5.98. The van der Waals surface area contributed by atoms with E-state index in [1.807, 2.05) is 10.8 Å². The van der Waals surface area contributed by atoms with E-state index in [4.69, 9.17) is 11.6 Å². The number of benzene rings is 1. The lowest BCUT2D eigenvalue weighted by Gasteiger charge is -2.29. The van der Waals surface area contributed by atoms with Crippen molar-refractivity contribution in [2.75, 3.05) is 12.1 Å². The van der Waals surface area contributed by atoms with Crippen LogP contribution in [0.2, 0.25) is 5.02 Å². The summed E-state index contributed by atoms with van der Waals surface area (Å²) in [6.45, 7) is -2.36. The molecule has 0 unspecified atom stereocenters. The number of ether oxygens (including phenoxy) is 3. The van der Waals surface area contributed by atoms with E-state index in [1.54, 1.807) is 0 Å². The molecule has 0 aliphatic heterocycles. The Labute approximate surface area is 249 Å². The number of anilines is 1. The fourth-order valence-electron chi connectivity index (χ4n) is 3.71. The summed E-state index contributed by atoms with van der Waals surface area (Å²) in [7, 11) is 1.13. The molecule has 1 fully saturated rings. The smallest absolute Gasteiger partial charge is 0.466 e. The largest absolute Gasteiger partial charge is 0.527 e. The van der Waals surface area contributed by atoms with Crippen molar-refractivity contribution in [3.63, 3.8) is 0 Å². The number of aromatic nitrogens is 4. The molecule has 4 rings (SSSR count). The van der Waals surface area contributed by atoms with Crippen LogP contribution in [0.1, 0.15) is 23.2 Å². The van der Waals surface area contributed by atoms with Crippen LogP contribution in [0.3, 0.4) is 0 Å². The van der Waals surface area contributed by atoms with Crippen molar-refractivity contribution in [3.05, 3.63) is 41.2 Å². The zero-order valence-electron chi connectivity index (χ0n) is 22.0. The van der Waals surface area contributed by atoms with Crippen molar-refractivity contribution in [3.8, 4) is 28.9 Å². The predicted octanol–water partition coefficient (Wildman–Crippen LogP) is 5.72. The predicted molar refractivity (Wildman–Crippen MR) is 129 cm³/mol. The highest BCUT2D eigenvalue weighted by Crippen LogP contribution is 2.44. The van der Waals surface area contributed by atoms with Crippen molar-refractivity contribution in [1.82, 2.24) is 24.9 Å². The average Bonchev–Trinajstić information content (AvgIpc) is 3.37. The molecule has 2 aromatic heterocycles. The normalized spacial score (nSPS) is 15.0. The van der Waals surface area contributed by atoms with Gasteiger partial charge in [0.25, 0.3) is 11.8 Å². The van der Waals surface area contributed by atoms with Gasteiger partial charge in [-0.1, -0.05) is 17.7 Å². The van der Waals surface area contributed by atoms with Gasteiger partial charge in [-0.25, -0.2) is 24.4 Å². The minimum absolute atomic E-state index is 0.0160. The van der Waals surface area contributed by atoms with Crippen LogP contribution >= 0.6 is 11.6 Å². The summed E-state index contributed by atoms with van der Waals surface area (Å²) in [5, 5.41) is 19.4. The number of nitrogens with one attached hydrogen (secondary N) is 2. The third-order valence-corrected chi connectivity index (χ3v) is 6.31. The summed E-state index contributed by atoms with van der Waals surface area (Å²) in [6.07, 6.45) is -21.4. The Balaban J connectivity index is 1.53. The van der Waals surface area contributed by atoms with Crippen molar-refractivity contribution in [2.45, 2.75) is 43.1 Å². The summed E-state index contributed by atoms with van der Waals surface area (Å²) in [5.41, 5.74) is -0.0860. The minimum atomic E-state index is -6.57. The molecular formula is C23H16ClF10N7O4. The van der Waals surface area contributed by atoms with Crippen LogP contribution in [0.5, 0.6) is 5.88 Å². The number of carbonyl (C=O) groups is 1. The van der Waals surface area contributed by atoms with Gasteiger partial charge in [-0.15, -0.1) is 22.8 Å². The van der Waals surface area contributed by atoms with Gasteiger partial charge in [-0.2, -0.15) is 36.7 Å². The summed E-state index contributed by atoms with van der Waals surface area (Å²) < 4.78 is 141. The first-order valence-electron chi connectivity index (χ1n) is 12.0. The van der Waals surface area contributed by atoms with Crippen LogP contribution in [-0.2, 0) is 16.5 Å². The van der Waals surface area contributed by atoms with Crippen molar-refractivity contribution < 1.29 is 63.0 Å². The van der Waals surface area contributed by atoms with E-state index < -0.39 is 54.3 Å². The maximum Gasteiger partial charge on any atom is 0.527 e. The summed E-state index contributed by atoms with van der Waals surface area (Å²) >= 11 is 6.15. The lowest BCUT2D eigenvalue weighted by atomic mass is 10.1. The first-order valence-corrected chi connectivity index (χ1v) is 12.4. The van der Waals surface area contributed by atoms with Crippen molar-refractivity contribution in [1.29, 1.82) is 5.26 Å².